The van der Waals surface area contributed by atoms with Crippen LogP contribution in [0.4, 0.5) is 19.2 Å². The van der Waals surface area contributed by atoms with Gasteiger partial charge >= 0.3 is 38.4 Å². The number of nitrogens with zero attached hydrogens (tertiary/aromatic N) is 8. The molecule has 144 heavy (non-hydrogen) atoms. The quantitative estimate of drug-likeness (QED) is 0.0231. The van der Waals surface area contributed by atoms with Crippen LogP contribution in [0.1, 0.15) is 184 Å². The third-order valence-electron chi connectivity index (χ3n) is 28.6. The number of aromatic amines is 4. The summed E-state index contributed by atoms with van der Waals surface area (Å²) in [5.41, 5.74) is 7.64. The first-order valence-electron chi connectivity index (χ1n) is 48.7. The van der Waals surface area contributed by atoms with Gasteiger partial charge in [-0.05, 0) is 137 Å². The monoisotopic (exact) mass is 2120 g/mol. The highest BCUT2D eigenvalue weighted by Gasteiger charge is 2.65. The summed E-state index contributed by atoms with van der Waals surface area (Å²) in [5.74, 6) is -2.81. The lowest BCUT2D eigenvalue weighted by Crippen LogP contribution is -2.52. The second-order valence-corrected chi connectivity index (χ2v) is 42.6. The lowest BCUT2D eigenvalue weighted by atomic mass is 9.49. The summed E-state index contributed by atoms with van der Waals surface area (Å²) in [5, 5.41) is 10.7. The minimum absolute atomic E-state index is 0.140. The van der Waals surface area contributed by atoms with Gasteiger partial charge < -0.3 is 136 Å². The van der Waals surface area contributed by atoms with E-state index in [-0.39, 0.29) is 108 Å². The topological polar surface area (TPSA) is 460 Å². The molecule has 4 aromatic heterocycles. The van der Waals surface area contributed by atoms with Crippen molar-refractivity contribution in [1.82, 2.24) is 80.7 Å². The molecule has 10 aliphatic heterocycles. The number of imidazole rings is 4. The lowest BCUT2D eigenvalue weighted by molar-refractivity contribution is -0.153. The normalized spacial score (nSPS) is 22.3. The Morgan fingerprint density at radius 3 is 0.681 bits per heavy atom. The smallest absolute Gasteiger partial charge is 0.453 e. The van der Waals surface area contributed by atoms with Gasteiger partial charge in [0.15, 0.2) is 23.1 Å². The number of hydrogen-bond donors (Lipinski definition) is 8. The van der Waals surface area contributed by atoms with Crippen LogP contribution in [0.25, 0.3) is 56.2 Å². The number of alkyl carbamates (subject to hydrolysis) is 4. The van der Waals surface area contributed by atoms with Crippen LogP contribution in [0.5, 0.6) is 0 Å². The molecule has 0 radical (unpaired) electrons. The van der Waals surface area contributed by atoms with Crippen molar-refractivity contribution >= 4 is 93.9 Å². The summed E-state index contributed by atoms with van der Waals surface area (Å²) in [6.07, 6.45) is 6.06. The van der Waals surface area contributed by atoms with E-state index in [1.54, 1.807) is 44.4 Å². The van der Waals surface area contributed by atoms with Gasteiger partial charge in [0.1, 0.15) is 47.5 Å². The highest BCUT2D eigenvalue weighted by molar-refractivity contribution is 9.10. The second-order valence-electron chi connectivity index (χ2n) is 40.8. The zero-order valence-corrected chi connectivity index (χ0v) is 88.2. The van der Waals surface area contributed by atoms with Gasteiger partial charge in [-0.3, -0.25) is 19.2 Å². The van der Waals surface area contributed by atoms with Gasteiger partial charge in [0.2, 0.25) is 23.6 Å². The van der Waals surface area contributed by atoms with Crippen LogP contribution < -0.4 is 21.3 Å². The number of carbonyl (C=O) groups excluding carboxylic acids is 8. The van der Waals surface area contributed by atoms with Crippen molar-refractivity contribution in [3.8, 4) is 56.2 Å². The highest BCUT2D eigenvalue weighted by atomic mass is 79.9. The number of H-pyrrole nitrogens is 4. The molecule has 10 fully saturated rings. The molecule has 14 heterocycles. The maximum absolute atomic E-state index is 14.0. The van der Waals surface area contributed by atoms with Crippen LogP contribution in [-0.4, -0.2) is 299 Å². The van der Waals surface area contributed by atoms with E-state index < -0.39 is 97.8 Å². The van der Waals surface area contributed by atoms with E-state index >= 15 is 0 Å². The largest absolute Gasteiger partial charge is 0.488 e. The van der Waals surface area contributed by atoms with Gasteiger partial charge in [0.25, 0.3) is 0 Å². The van der Waals surface area contributed by atoms with Crippen LogP contribution >= 0.6 is 31.9 Å². The Labute approximate surface area is 855 Å². The molecule has 776 valence electrons. The Hall–Kier alpha value is -10.7. The molecule has 8 N–H and O–H groups in total. The van der Waals surface area contributed by atoms with Crippen LogP contribution in [0.15, 0.2) is 131 Å². The van der Waals surface area contributed by atoms with Gasteiger partial charge in [-0.25, -0.2) is 39.1 Å². The van der Waals surface area contributed by atoms with E-state index in [0.29, 0.717) is 102 Å². The maximum Gasteiger partial charge on any atom is 0.488 e. The number of hydrogen-bond acceptors (Lipinski definition) is 28. The Morgan fingerprint density at radius 1 is 0.319 bits per heavy atom. The number of aromatic nitrogens is 8. The molecule has 0 bridgehead atoms. The first kappa shape index (κ1) is 108. The number of halogens is 2. The number of rotatable bonds is 22. The molecule has 8 aromatic rings. The highest BCUT2D eigenvalue weighted by Crippen LogP contribution is 2.50. The number of nitrogens with one attached hydrogen (secondary N) is 8. The minimum atomic E-state index is -0.944. The van der Waals surface area contributed by atoms with E-state index in [1.807, 2.05) is 208 Å². The Balaban J connectivity index is 0.000000160. The zero-order chi connectivity index (χ0) is 104. The fraction of sp³-hybridized carbons (Fsp3) is 0.560. The van der Waals surface area contributed by atoms with E-state index in [1.165, 1.54) is 28.4 Å². The lowest BCUT2D eigenvalue weighted by Gasteiger charge is -2.32. The standard InChI is InChI=1S/C44H54N8O10.2C22H27BrN4O5.C12H24B2O4/c1-25(2)35(49-41(55)57-5)39(53)51-23-43(59-15-16-60-43)19-33(51)37-45-21-31(47-37)29-11-7-27(8-12-29)28-9-13-30(14-10-28)32-22-46-38(48-32)34-20-44(61-17-18-62-44)24-52(34)40(54)36(26(3)4)50-42(56)58-6;2*1-13(2)18(26-21(29)30-3)20(28)27-12-22(31-8-9-32-22)10-17(27)19-24-11-16(25-19)14-4-6-15(23)7-5-14;1-9(2)10(3,4)16-13(15-9)14-17-11(5,6)12(7,8)18-14/h7-14,21-22,25-26,33-36H,15-20,23-24H2,1-6H3,(H,45,47)(H,46,48)(H,49,55)(H,50,56);2*4-7,11,13,17-18H,8-10,12H2,1-3H3,(H,24,25)(H,26,29);1-8H3/t33-,34-,35-,36-;2*17-,18-;/m000./s1. The molecule has 4 spiro atoms. The Bertz CT molecular complexity index is 5440. The second kappa shape index (κ2) is 44.1. The number of carbonyl (C=O) groups is 8. The molecule has 8 atom stereocenters. The molecule has 10 saturated heterocycles. The maximum atomic E-state index is 14.0. The van der Waals surface area contributed by atoms with Crippen molar-refractivity contribution in [1.29, 1.82) is 0 Å². The molecule has 0 saturated carbocycles. The molecule has 40 nitrogen and oxygen atoms in total. The van der Waals surface area contributed by atoms with Crippen molar-refractivity contribution in [2.75, 3.05) is 107 Å². The third kappa shape index (κ3) is 23.6. The van der Waals surface area contributed by atoms with E-state index in [0.717, 1.165) is 65.1 Å². The van der Waals surface area contributed by atoms with Crippen molar-refractivity contribution < 1.29 is 114 Å². The average molecular weight is 2120 g/mol. The number of ether oxygens (including phenoxy) is 12. The summed E-state index contributed by atoms with van der Waals surface area (Å²) >= 11 is 6.89. The first-order valence-corrected chi connectivity index (χ1v) is 50.3. The van der Waals surface area contributed by atoms with Gasteiger partial charge in [-0.2, -0.15) is 0 Å². The fourth-order valence-electron chi connectivity index (χ4n) is 19.1. The molecule has 0 unspecified atom stereocenters. The van der Waals surface area contributed by atoms with Crippen molar-refractivity contribution in [3.63, 3.8) is 0 Å². The van der Waals surface area contributed by atoms with Crippen LogP contribution in [-0.2, 0) is 94.6 Å². The predicted octanol–water partition coefficient (Wildman–Crippen LogP) is 13.6. The summed E-state index contributed by atoms with van der Waals surface area (Å²) in [6.45, 7) is 35.7. The van der Waals surface area contributed by atoms with Crippen LogP contribution in [0.3, 0.4) is 0 Å². The van der Waals surface area contributed by atoms with Gasteiger partial charge in [0.05, 0.1) is 202 Å². The molecular formula is C100H132B2Br2N16O24. The first-order chi connectivity index (χ1) is 68.3. The van der Waals surface area contributed by atoms with E-state index in [4.69, 9.17) is 85.4 Å². The van der Waals surface area contributed by atoms with Crippen LogP contribution in [0.2, 0.25) is 0 Å². The van der Waals surface area contributed by atoms with Gasteiger partial charge in [0, 0.05) is 34.6 Å². The summed E-state index contributed by atoms with van der Waals surface area (Å²) in [7, 11) is 4.13. The molecule has 0 aliphatic carbocycles. The molecule has 8 amide bonds. The molecule has 10 aliphatic rings. The van der Waals surface area contributed by atoms with Gasteiger partial charge in [-0.1, -0.05) is 160 Å². The SMILES string of the molecule is CC1(C)OB(B2OC(C)(C)C(C)(C)O2)OC1(C)C.COC(=O)N[C@H](C(=O)N1CC2(C[C@H]1c1ncc(-c3ccc(-c4ccc(-c5cnc([C@@H]6CC7(CN6C(=O)[C@@H](NC(=O)OC)C(C)C)OCCO7)[nH]5)cc4)cc3)[nH]1)OCCO2)C(C)C.COC(=O)N[C@H](C(=O)N1CC2(C[C@H]1c1ncc(-c3ccc(Br)cc3)[nH]1)OCCO2)C(C)C.COC(=O)N[C@H](C(=O)N1CC2(C[C@H]1c1ncc(-c3ccc(Br)cc3)[nH]1)OCCO2)C(C)C. The molecule has 4 aromatic carbocycles. The molecule has 44 heteroatoms. The minimum Gasteiger partial charge on any atom is -0.453 e. The van der Waals surface area contributed by atoms with Crippen molar-refractivity contribution in [2.45, 2.75) is 230 Å². The summed E-state index contributed by atoms with van der Waals surface area (Å²) in [6, 6.07) is 27.2. The molecular weight excluding hydrogens is 1990 g/mol. The zero-order valence-electron chi connectivity index (χ0n) is 85.1. The Kier molecular flexibility index (Phi) is 33.0. The average Bonchev–Trinajstić information content (AvgIpc) is 1.16. The van der Waals surface area contributed by atoms with Crippen molar-refractivity contribution in [3.05, 3.63) is 154 Å². The molecule has 18 rings (SSSR count). The van der Waals surface area contributed by atoms with Crippen molar-refractivity contribution in [2.24, 2.45) is 23.7 Å². The van der Waals surface area contributed by atoms with E-state index in [2.05, 4.69) is 83.0 Å². The Morgan fingerprint density at radius 2 is 0.500 bits per heavy atom. The number of methoxy groups -OCH3 is 4. The van der Waals surface area contributed by atoms with Gasteiger partial charge in [-0.15, -0.1) is 0 Å². The third-order valence-corrected chi connectivity index (χ3v) is 29.6. The predicted molar refractivity (Wildman–Crippen MR) is 534 cm³/mol. The number of amides is 8. The van der Waals surface area contributed by atoms with E-state index in [9.17, 15) is 38.4 Å². The summed E-state index contributed by atoms with van der Waals surface area (Å²) in [4.78, 5) is 142. The fourth-order valence-corrected chi connectivity index (χ4v) is 19.7. The number of benzene rings is 4. The summed E-state index contributed by atoms with van der Waals surface area (Å²) < 4.78 is 92.6. The number of likely N-dealkylation sites (tertiary alicyclic amines) is 4. The van der Waals surface area contributed by atoms with Crippen LogP contribution in [0, 0.1) is 23.7 Å².